The summed E-state index contributed by atoms with van der Waals surface area (Å²) in [6.07, 6.45) is 2.05. The number of rotatable bonds is 4. The first-order chi connectivity index (χ1) is 8.08. The van der Waals surface area contributed by atoms with E-state index in [-0.39, 0.29) is 11.0 Å². The second-order valence-electron chi connectivity index (χ2n) is 4.41. The lowest BCUT2D eigenvalue weighted by Crippen LogP contribution is -2.31. The van der Waals surface area contributed by atoms with Gasteiger partial charge in [0.1, 0.15) is 5.82 Å². The molecule has 1 saturated carbocycles. The SMILES string of the molecule is O=C(NCC1(CCl)CC1)c1c(F)cccc1Br. The van der Waals surface area contributed by atoms with Gasteiger partial charge in [0, 0.05) is 22.3 Å². The van der Waals surface area contributed by atoms with Crippen molar-refractivity contribution in [3.8, 4) is 0 Å². The first kappa shape index (κ1) is 12.8. The molecular formula is C12H12BrClFNO. The second kappa shape index (κ2) is 4.94. The zero-order valence-electron chi connectivity index (χ0n) is 9.10. The average Bonchev–Trinajstić information content (AvgIpc) is 3.07. The van der Waals surface area contributed by atoms with Gasteiger partial charge in [0.05, 0.1) is 5.56 Å². The van der Waals surface area contributed by atoms with Crippen LogP contribution in [0.4, 0.5) is 4.39 Å². The van der Waals surface area contributed by atoms with Crippen LogP contribution < -0.4 is 5.32 Å². The third kappa shape index (κ3) is 2.80. The fourth-order valence-electron chi connectivity index (χ4n) is 1.61. The van der Waals surface area contributed by atoms with Crippen molar-refractivity contribution in [2.45, 2.75) is 12.8 Å². The fourth-order valence-corrected chi connectivity index (χ4v) is 2.49. The number of hydrogen-bond donors (Lipinski definition) is 1. The Kier molecular flexibility index (Phi) is 3.73. The Labute approximate surface area is 113 Å². The Morgan fingerprint density at radius 2 is 2.24 bits per heavy atom. The topological polar surface area (TPSA) is 29.1 Å². The molecule has 0 heterocycles. The Morgan fingerprint density at radius 3 is 2.76 bits per heavy atom. The van der Waals surface area contributed by atoms with Crippen molar-refractivity contribution in [2.75, 3.05) is 12.4 Å². The van der Waals surface area contributed by atoms with Gasteiger partial charge in [-0.15, -0.1) is 11.6 Å². The van der Waals surface area contributed by atoms with Crippen LogP contribution in [0, 0.1) is 11.2 Å². The van der Waals surface area contributed by atoms with E-state index >= 15 is 0 Å². The Balaban J connectivity index is 2.05. The minimum Gasteiger partial charge on any atom is -0.351 e. The predicted molar refractivity (Wildman–Crippen MR) is 68.8 cm³/mol. The van der Waals surface area contributed by atoms with Gasteiger partial charge in [0.25, 0.3) is 5.91 Å². The summed E-state index contributed by atoms with van der Waals surface area (Å²) in [7, 11) is 0. The van der Waals surface area contributed by atoms with E-state index in [4.69, 9.17) is 11.6 Å². The molecule has 1 fully saturated rings. The van der Waals surface area contributed by atoms with Crippen LogP contribution in [-0.4, -0.2) is 18.3 Å². The molecule has 1 aromatic rings. The van der Waals surface area contributed by atoms with Crippen LogP contribution in [0.3, 0.4) is 0 Å². The monoisotopic (exact) mass is 319 g/mol. The third-order valence-electron chi connectivity index (χ3n) is 3.05. The molecule has 1 aliphatic carbocycles. The molecule has 0 bridgehead atoms. The molecule has 2 nitrogen and oxygen atoms in total. The van der Waals surface area contributed by atoms with Gasteiger partial charge in [-0.3, -0.25) is 4.79 Å². The largest absolute Gasteiger partial charge is 0.351 e. The summed E-state index contributed by atoms with van der Waals surface area (Å²) in [6.45, 7) is 0.510. The van der Waals surface area contributed by atoms with Crippen molar-refractivity contribution in [1.29, 1.82) is 0 Å². The van der Waals surface area contributed by atoms with E-state index in [2.05, 4.69) is 21.2 Å². The van der Waals surface area contributed by atoms with Crippen molar-refractivity contribution < 1.29 is 9.18 Å². The Bertz CT molecular complexity index is 428. The summed E-state index contributed by atoms with van der Waals surface area (Å²) in [5.41, 5.74) is 0.0902. The predicted octanol–water partition coefficient (Wildman–Crippen LogP) is 3.34. The van der Waals surface area contributed by atoms with Crippen LogP contribution >= 0.6 is 27.5 Å². The number of carbonyl (C=O) groups excluding carboxylic acids is 1. The van der Waals surface area contributed by atoms with Gasteiger partial charge in [-0.2, -0.15) is 0 Å². The zero-order chi connectivity index (χ0) is 12.5. The molecule has 5 heteroatoms. The highest BCUT2D eigenvalue weighted by atomic mass is 79.9. The van der Waals surface area contributed by atoms with Crippen LogP contribution in [-0.2, 0) is 0 Å². The van der Waals surface area contributed by atoms with Crippen LogP contribution in [0.1, 0.15) is 23.2 Å². The van der Waals surface area contributed by atoms with E-state index in [9.17, 15) is 9.18 Å². The highest BCUT2D eigenvalue weighted by Gasteiger charge is 2.42. The third-order valence-corrected chi connectivity index (χ3v) is 4.28. The molecule has 0 unspecified atom stereocenters. The zero-order valence-corrected chi connectivity index (χ0v) is 11.4. The molecule has 92 valence electrons. The summed E-state index contributed by atoms with van der Waals surface area (Å²) in [5, 5.41) is 2.74. The van der Waals surface area contributed by atoms with E-state index in [0.29, 0.717) is 16.9 Å². The van der Waals surface area contributed by atoms with Gasteiger partial charge in [-0.1, -0.05) is 6.07 Å². The number of alkyl halides is 1. The van der Waals surface area contributed by atoms with Crippen LogP contribution in [0.15, 0.2) is 22.7 Å². The van der Waals surface area contributed by atoms with E-state index in [0.717, 1.165) is 12.8 Å². The second-order valence-corrected chi connectivity index (χ2v) is 5.53. The smallest absolute Gasteiger partial charge is 0.255 e. The molecule has 0 atom stereocenters. The van der Waals surface area contributed by atoms with Crippen molar-refractivity contribution in [2.24, 2.45) is 5.41 Å². The highest BCUT2D eigenvalue weighted by Crippen LogP contribution is 2.45. The minimum atomic E-state index is -0.521. The molecule has 0 radical (unpaired) electrons. The lowest BCUT2D eigenvalue weighted by Gasteiger charge is -2.13. The Hall–Kier alpha value is -0.610. The molecule has 0 spiro atoms. The van der Waals surface area contributed by atoms with Crippen LogP contribution in [0.2, 0.25) is 0 Å². The maximum atomic E-state index is 13.5. The van der Waals surface area contributed by atoms with Gasteiger partial charge >= 0.3 is 0 Å². The quantitative estimate of drug-likeness (QED) is 0.847. The average molecular weight is 321 g/mol. The van der Waals surface area contributed by atoms with Crippen LogP contribution in [0.5, 0.6) is 0 Å². The van der Waals surface area contributed by atoms with E-state index in [1.54, 1.807) is 12.1 Å². The summed E-state index contributed by atoms with van der Waals surface area (Å²) in [5.74, 6) is -0.384. The number of halogens is 3. The molecule has 17 heavy (non-hydrogen) atoms. The standard InChI is InChI=1S/C12H12BrClFNO/c13-8-2-1-3-9(15)10(8)11(17)16-7-12(6-14)4-5-12/h1-3H,4-7H2,(H,16,17). The summed E-state index contributed by atoms with van der Waals surface area (Å²) in [4.78, 5) is 11.9. The van der Waals surface area contributed by atoms with Crippen molar-refractivity contribution in [1.82, 2.24) is 5.32 Å². The van der Waals surface area contributed by atoms with Gasteiger partial charge < -0.3 is 5.32 Å². The molecule has 0 aliphatic heterocycles. The van der Waals surface area contributed by atoms with Gasteiger partial charge in [-0.25, -0.2) is 4.39 Å². The van der Waals surface area contributed by atoms with E-state index < -0.39 is 11.7 Å². The van der Waals surface area contributed by atoms with Crippen LogP contribution in [0.25, 0.3) is 0 Å². The summed E-state index contributed by atoms with van der Waals surface area (Å²) in [6, 6.07) is 4.47. The lowest BCUT2D eigenvalue weighted by molar-refractivity contribution is 0.0941. The van der Waals surface area contributed by atoms with Gasteiger partial charge in [0.2, 0.25) is 0 Å². The normalized spacial score (nSPS) is 16.6. The minimum absolute atomic E-state index is 0.0367. The molecule has 1 aliphatic rings. The number of hydrogen-bond acceptors (Lipinski definition) is 1. The number of amides is 1. The number of nitrogens with one attached hydrogen (secondary N) is 1. The molecule has 0 aromatic heterocycles. The van der Waals surface area contributed by atoms with E-state index in [1.165, 1.54) is 6.07 Å². The van der Waals surface area contributed by atoms with Crippen molar-refractivity contribution in [3.05, 3.63) is 34.1 Å². The van der Waals surface area contributed by atoms with Crippen molar-refractivity contribution >= 4 is 33.4 Å². The summed E-state index contributed by atoms with van der Waals surface area (Å²) >= 11 is 8.99. The Morgan fingerprint density at radius 1 is 1.53 bits per heavy atom. The number of benzene rings is 1. The molecular weight excluding hydrogens is 308 g/mol. The molecule has 2 rings (SSSR count). The first-order valence-electron chi connectivity index (χ1n) is 5.36. The fraction of sp³-hybridized carbons (Fsp3) is 0.417. The maximum absolute atomic E-state index is 13.5. The maximum Gasteiger partial charge on any atom is 0.255 e. The molecule has 1 aromatic carbocycles. The van der Waals surface area contributed by atoms with Gasteiger partial charge in [0.15, 0.2) is 0 Å². The van der Waals surface area contributed by atoms with Gasteiger partial charge in [-0.05, 0) is 40.9 Å². The lowest BCUT2D eigenvalue weighted by atomic mass is 10.1. The highest BCUT2D eigenvalue weighted by molar-refractivity contribution is 9.10. The van der Waals surface area contributed by atoms with Crippen molar-refractivity contribution in [3.63, 3.8) is 0 Å². The summed E-state index contributed by atoms with van der Waals surface area (Å²) < 4.78 is 14.0. The molecule has 1 amide bonds. The number of carbonyl (C=O) groups is 1. The first-order valence-corrected chi connectivity index (χ1v) is 6.69. The molecule has 1 N–H and O–H groups in total. The molecule has 0 saturated heterocycles. The van der Waals surface area contributed by atoms with E-state index in [1.807, 2.05) is 0 Å².